The maximum atomic E-state index is 12.8. The first kappa shape index (κ1) is 62.1. The average molecular weight is 909 g/mol. The Morgan fingerprint density at radius 2 is 0.600 bits per heavy atom. The van der Waals surface area contributed by atoms with Gasteiger partial charge in [-0.2, -0.15) is 0 Å². The van der Waals surface area contributed by atoms with Crippen molar-refractivity contribution in [3.63, 3.8) is 0 Å². The number of esters is 3. The topological polar surface area (TPSA) is 78.9 Å². The minimum Gasteiger partial charge on any atom is -0.462 e. The Kier molecular flexibility index (Phi) is 51.3. The van der Waals surface area contributed by atoms with Crippen molar-refractivity contribution in [2.45, 2.75) is 284 Å². The molecule has 0 amide bonds. The highest BCUT2D eigenvalue weighted by molar-refractivity contribution is 5.71. The van der Waals surface area contributed by atoms with Crippen molar-refractivity contribution in [1.29, 1.82) is 0 Å². The summed E-state index contributed by atoms with van der Waals surface area (Å²) in [5.41, 5.74) is 0. The summed E-state index contributed by atoms with van der Waals surface area (Å²) in [5, 5.41) is 0. The third-order valence-electron chi connectivity index (χ3n) is 12.0. The normalized spacial score (nSPS) is 12.5. The lowest BCUT2D eigenvalue weighted by molar-refractivity contribution is -0.167. The summed E-state index contributed by atoms with van der Waals surface area (Å²) < 4.78 is 16.8. The highest BCUT2D eigenvalue weighted by Crippen LogP contribution is 2.16. The predicted molar refractivity (Wildman–Crippen MR) is 279 cm³/mol. The Morgan fingerprint density at radius 1 is 0.323 bits per heavy atom. The van der Waals surface area contributed by atoms with Gasteiger partial charge in [-0.3, -0.25) is 14.4 Å². The number of allylic oxidation sites excluding steroid dienone is 10. The Hall–Kier alpha value is -2.89. The number of ether oxygens (including phenoxy) is 3. The van der Waals surface area contributed by atoms with Crippen LogP contribution in [0, 0.1) is 0 Å². The zero-order valence-corrected chi connectivity index (χ0v) is 43.0. The summed E-state index contributed by atoms with van der Waals surface area (Å²) >= 11 is 0. The lowest BCUT2D eigenvalue weighted by Gasteiger charge is -2.18. The fraction of sp³-hybridized carbons (Fsp3) is 0.780. The van der Waals surface area contributed by atoms with Gasteiger partial charge in [0.2, 0.25) is 0 Å². The van der Waals surface area contributed by atoms with Crippen molar-refractivity contribution in [2.24, 2.45) is 0 Å². The van der Waals surface area contributed by atoms with E-state index in [4.69, 9.17) is 14.2 Å². The summed E-state index contributed by atoms with van der Waals surface area (Å²) in [6, 6.07) is 0. The molecule has 0 fully saturated rings. The van der Waals surface area contributed by atoms with Crippen molar-refractivity contribution in [2.75, 3.05) is 13.2 Å². The molecule has 0 rings (SSSR count). The van der Waals surface area contributed by atoms with E-state index in [1.807, 2.05) is 0 Å². The molecule has 0 aliphatic rings. The summed E-state index contributed by atoms with van der Waals surface area (Å²) in [7, 11) is 0. The van der Waals surface area contributed by atoms with Crippen LogP contribution in [0.3, 0.4) is 0 Å². The molecule has 0 saturated heterocycles. The first-order valence-electron chi connectivity index (χ1n) is 27.8. The van der Waals surface area contributed by atoms with E-state index in [9.17, 15) is 14.4 Å². The summed E-state index contributed by atoms with van der Waals surface area (Å²) in [5.74, 6) is -0.880. The van der Waals surface area contributed by atoms with Crippen molar-refractivity contribution in [1.82, 2.24) is 0 Å². The fourth-order valence-corrected chi connectivity index (χ4v) is 7.84. The van der Waals surface area contributed by atoms with Gasteiger partial charge in [0.25, 0.3) is 0 Å². The van der Waals surface area contributed by atoms with Crippen LogP contribution < -0.4 is 0 Å². The lowest BCUT2D eigenvalue weighted by atomic mass is 10.0. The van der Waals surface area contributed by atoms with Gasteiger partial charge in [-0.05, 0) is 83.5 Å². The molecule has 0 saturated carbocycles. The van der Waals surface area contributed by atoms with Crippen LogP contribution in [0.5, 0.6) is 0 Å². The SMILES string of the molecule is CC/C=C\C/C=C\C/C=C\C/C=C\CCCCCCCCCCCCCCC(=O)OCC(COC(=O)CCCCCCCCCCCC)OC(=O)CCCCCCC/C=C\CCCCC. The van der Waals surface area contributed by atoms with Crippen LogP contribution in [0.15, 0.2) is 60.8 Å². The van der Waals surface area contributed by atoms with Crippen LogP contribution in [0.4, 0.5) is 0 Å². The predicted octanol–water partition coefficient (Wildman–Crippen LogP) is 18.4. The van der Waals surface area contributed by atoms with Crippen molar-refractivity contribution in [3.8, 4) is 0 Å². The Labute approximate surface area is 402 Å². The van der Waals surface area contributed by atoms with Crippen LogP contribution in [0.25, 0.3) is 0 Å². The van der Waals surface area contributed by atoms with E-state index in [0.29, 0.717) is 19.3 Å². The maximum absolute atomic E-state index is 12.8. The van der Waals surface area contributed by atoms with Crippen molar-refractivity contribution < 1.29 is 28.6 Å². The second kappa shape index (κ2) is 53.7. The van der Waals surface area contributed by atoms with Crippen LogP contribution >= 0.6 is 0 Å². The van der Waals surface area contributed by atoms with Gasteiger partial charge >= 0.3 is 17.9 Å². The number of hydrogen-bond acceptors (Lipinski definition) is 6. The number of carbonyl (C=O) groups excluding carboxylic acids is 3. The molecule has 0 N–H and O–H groups in total. The van der Waals surface area contributed by atoms with Gasteiger partial charge in [0.1, 0.15) is 13.2 Å². The second-order valence-corrected chi connectivity index (χ2v) is 18.5. The lowest BCUT2D eigenvalue weighted by Crippen LogP contribution is -2.30. The molecule has 0 bridgehead atoms. The van der Waals surface area contributed by atoms with Crippen LogP contribution in [0.2, 0.25) is 0 Å². The first-order chi connectivity index (χ1) is 32.0. The van der Waals surface area contributed by atoms with Gasteiger partial charge < -0.3 is 14.2 Å². The molecule has 0 spiro atoms. The van der Waals surface area contributed by atoms with Crippen LogP contribution in [0.1, 0.15) is 278 Å². The summed E-state index contributed by atoms with van der Waals surface area (Å²) in [6.07, 6.45) is 66.5. The third kappa shape index (κ3) is 51.9. The van der Waals surface area contributed by atoms with Gasteiger partial charge in [0.15, 0.2) is 6.10 Å². The molecular formula is C59H104O6. The van der Waals surface area contributed by atoms with Gasteiger partial charge in [0.05, 0.1) is 0 Å². The molecule has 376 valence electrons. The van der Waals surface area contributed by atoms with Gasteiger partial charge in [-0.15, -0.1) is 0 Å². The van der Waals surface area contributed by atoms with Crippen LogP contribution in [-0.2, 0) is 28.6 Å². The van der Waals surface area contributed by atoms with E-state index in [1.165, 1.54) is 141 Å². The molecule has 0 heterocycles. The van der Waals surface area contributed by atoms with E-state index in [2.05, 4.69) is 81.5 Å². The molecule has 1 atom stereocenters. The van der Waals surface area contributed by atoms with E-state index in [-0.39, 0.29) is 31.1 Å². The zero-order chi connectivity index (χ0) is 47.2. The molecule has 0 radical (unpaired) electrons. The third-order valence-corrected chi connectivity index (χ3v) is 12.0. The standard InChI is InChI=1S/C59H104O6/c1-4-7-10-13-16-19-22-24-25-26-27-28-29-30-31-32-33-34-35-36-38-40-43-46-49-52-58(61)64-55-56(54-63-57(60)51-48-45-42-39-21-18-15-12-9-6-3)65-59(62)53-50-47-44-41-37-23-20-17-14-11-8-5-2/h7,10,16-17,19-20,24-25,27-28,56H,4-6,8-9,11-15,18,21-23,26,29-55H2,1-3H3/b10-7-,19-16-,20-17-,25-24-,28-27-. The molecule has 0 aromatic heterocycles. The minimum absolute atomic E-state index is 0.0751. The molecule has 0 aliphatic heterocycles. The quantitative estimate of drug-likeness (QED) is 0.0262. The largest absolute Gasteiger partial charge is 0.462 e. The Balaban J connectivity index is 4.19. The smallest absolute Gasteiger partial charge is 0.306 e. The summed E-state index contributed by atoms with van der Waals surface area (Å²) in [4.78, 5) is 38.0. The number of hydrogen-bond donors (Lipinski definition) is 0. The second-order valence-electron chi connectivity index (χ2n) is 18.5. The van der Waals surface area contributed by atoms with Crippen molar-refractivity contribution in [3.05, 3.63) is 60.8 Å². The van der Waals surface area contributed by atoms with E-state index < -0.39 is 6.10 Å². The minimum atomic E-state index is -0.775. The average Bonchev–Trinajstić information content (AvgIpc) is 3.30. The van der Waals surface area contributed by atoms with E-state index >= 15 is 0 Å². The van der Waals surface area contributed by atoms with E-state index in [0.717, 1.165) is 96.3 Å². The molecule has 0 aromatic carbocycles. The molecule has 65 heavy (non-hydrogen) atoms. The highest BCUT2D eigenvalue weighted by atomic mass is 16.6. The number of unbranched alkanes of at least 4 members (excludes halogenated alkanes) is 29. The molecule has 0 aromatic rings. The highest BCUT2D eigenvalue weighted by Gasteiger charge is 2.19. The fourth-order valence-electron chi connectivity index (χ4n) is 7.84. The molecule has 1 unspecified atom stereocenters. The Bertz CT molecular complexity index is 1180. The Morgan fingerprint density at radius 3 is 0.985 bits per heavy atom. The first-order valence-corrected chi connectivity index (χ1v) is 27.8. The summed E-state index contributed by atoms with van der Waals surface area (Å²) in [6.45, 7) is 6.50. The zero-order valence-electron chi connectivity index (χ0n) is 43.0. The van der Waals surface area contributed by atoms with Gasteiger partial charge in [-0.1, -0.05) is 236 Å². The monoisotopic (exact) mass is 909 g/mol. The van der Waals surface area contributed by atoms with Gasteiger partial charge in [0, 0.05) is 19.3 Å². The van der Waals surface area contributed by atoms with Gasteiger partial charge in [-0.25, -0.2) is 0 Å². The van der Waals surface area contributed by atoms with E-state index in [1.54, 1.807) is 0 Å². The molecule has 0 aliphatic carbocycles. The maximum Gasteiger partial charge on any atom is 0.306 e. The molecule has 6 heteroatoms. The number of carbonyl (C=O) groups is 3. The van der Waals surface area contributed by atoms with Crippen LogP contribution in [-0.4, -0.2) is 37.2 Å². The molecular weight excluding hydrogens is 805 g/mol. The molecule has 6 nitrogen and oxygen atoms in total. The van der Waals surface area contributed by atoms with Crippen molar-refractivity contribution >= 4 is 17.9 Å². The number of rotatable bonds is 50.